The second kappa shape index (κ2) is 7.43. The number of aromatic nitrogens is 2. The maximum absolute atomic E-state index is 12.8. The van der Waals surface area contributed by atoms with E-state index in [0.717, 1.165) is 0 Å². The Kier molecular flexibility index (Phi) is 4.92. The van der Waals surface area contributed by atoms with Crippen molar-refractivity contribution >= 4 is 44.2 Å². The van der Waals surface area contributed by atoms with Crippen molar-refractivity contribution in [3.63, 3.8) is 0 Å². The van der Waals surface area contributed by atoms with Crippen molar-refractivity contribution in [1.82, 2.24) is 9.55 Å². The Hall–Kier alpha value is -3.43. The van der Waals surface area contributed by atoms with Crippen LogP contribution in [-0.2, 0) is 17.1 Å². The van der Waals surface area contributed by atoms with Crippen LogP contribution in [0.15, 0.2) is 75.0 Å². The van der Waals surface area contributed by atoms with E-state index in [9.17, 15) is 18.0 Å². The van der Waals surface area contributed by atoms with E-state index >= 15 is 0 Å². The average Bonchev–Trinajstić information content (AvgIpc) is 3.01. The van der Waals surface area contributed by atoms with E-state index in [-0.39, 0.29) is 27.0 Å². The predicted molar refractivity (Wildman–Crippen MR) is 111 cm³/mol. The minimum atomic E-state index is -4.07. The van der Waals surface area contributed by atoms with Gasteiger partial charge in [0, 0.05) is 42.3 Å². The number of pyridine rings is 1. The number of halogens is 1. The van der Waals surface area contributed by atoms with Crippen LogP contribution in [0.1, 0.15) is 15.9 Å². The Balaban J connectivity index is 1.62. The number of aryl methyl sites for hydroxylation is 1. The van der Waals surface area contributed by atoms with Crippen LogP contribution in [0.5, 0.6) is 0 Å². The van der Waals surface area contributed by atoms with Gasteiger partial charge in [0.2, 0.25) is 0 Å². The van der Waals surface area contributed by atoms with Crippen LogP contribution in [0, 0.1) is 0 Å². The van der Waals surface area contributed by atoms with Crippen LogP contribution in [-0.4, -0.2) is 23.8 Å². The number of hydrogen-bond acceptors (Lipinski definition) is 6. The number of rotatable bonds is 5. The van der Waals surface area contributed by atoms with Crippen LogP contribution in [0.2, 0.25) is 5.02 Å². The van der Waals surface area contributed by atoms with Crippen molar-refractivity contribution in [3.8, 4) is 0 Å². The fourth-order valence-electron chi connectivity index (χ4n) is 2.90. The molecule has 4 aromatic rings. The minimum absolute atomic E-state index is 0.0594. The van der Waals surface area contributed by atoms with Gasteiger partial charge in [-0.2, -0.15) is 0 Å². The van der Waals surface area contributed by atoms with Gasteiger partial charge in [-0.15, -0.1) is 0 Å². The van der Waals surface area contributed by atoms with Crippen LogP contribution >= 0.6 is 11.6 Å². The standard InChI is InChI=1S/C20H14ClN3O5S/c1-24-16-10-15(21)18(11-17(16)29-20(24)26)30(27,28)23-14-4-2-12(3-5-14)19(25)13-6-8-22-9-7-13/h2-11,23H,1H3. The molecule has 1 N–H and O–H groups in total. The summed E-state index contributed by atoms with van der Waals surface area (Å²) in [7, 11) is -2.58. The van der Waals surface area contributed by atoms with Gasteiger partial charge in [0.05, 0.1) is 10.5 Å². The van der Waals surface area contributed by atoms with E-state index < -0.39 is 15.8 Å². The fourth-order valence-corrected chi connectivity index (χ4v) is 4.50. The highest BCUT2D eigenvalue weighted by atomic mass is 35.5. The highest BCUT2D eigenvalue weighted by molar-refractivity contribution is 7.92. The molecular formula is C20H14ClN3O5S. The van der Waals surface area contributed by atoms with Gasteiger partial charge in [0.1, 0.15) is 4.90 Å². The SMILES string of the molecule is Cn1c(=O)oc2cc(S(=O)(=O)Nc3ccc(C(=O)c4ccncc4)cc3)c(Cl)cc21. The molecule has 0 radical (unpaired) electrons. The first-order chi connectivity index (χ1) is 14.3. The maximum atomic E-state index is 12.8. The Labute approximate surface area is 175 Å². The number of nitrogens with one attached hydrogen (secondary N) is 1. The molecule has 0 unspecified atom stereocenters. The van der Waals surface area contributed by atoms with Gasteiger partial charge in [-0.3, -0.25) is 19.1 Å². The molecule has 4 rings (SSSR count). The number of oxazole rings is 1. The zero-order valence-electron chi connectivity index (χ0n) is 15.5. The molecule has 0 bridgehead atoms. The van der Waals surface area contributed by atoms with Crippen molar-refractivity contribution < 1.29 is 17.6 Å². The summed E-state index contributed by atoms with van der Waals surface area (Å²) in [5, 5.41) is -0.0594. The summed E-state index contributed by atoms with van der Waals surface area (Å²) >= 11 is 6.14. The third-order valence-corrected chi connectivity index (χ3v) is 6.32. The molecule has 0 fully saturated rings. The molecule has 0 aliphatic heterocycles. The molecule has 2 heterocycles. The van der Waals surface area contributed by atoms with E-state index in [0.29, 0.717) is 16.6 Å². The van der Waals surface area contributed by atoms with E-state index in [2.05, 4.69) is 9.71 Å². The first kappa shape index (κ1) is 19.9. The Morgan fingerprint density at radius 3 is 2.37 bits per heavy atom. The lowest BCUT2D eigenvalue weighted by molar-refractivity contribution is 0.103. The number of ketones is 1. The molecule has 0 aliphatic rings. The van der Waals surface area contributed by atoms with E-state index in [1.54, 1.807) is 12.1 Å². The summed E-state index contributed by atoms with van der Waals surface area (Å²) < 4.78 is 34.3. The summed E-state index contributed by atoms with van der Waals surface area (Å²) in [6.07, 6.45) is 3.04. The van der Waals surface area contributed by atoms with Gasteiger partial charge in [-0.25, -0.2) is 13.2 Å². The lowest BCUT2D eigenvalue weighted by atomic mass is 10.0. The van der Waals surface area contributed by atoms with Gasteiger partial charge in [-0.05, 0) is 42.5 Å². The second-order valence-electron chi connectivity index (χ2n) is 6.43. The number of carbonyl (C=O) groups excluding carboxylic acids is 1. The van der Waals surface area contributed by atoms with Crippen LogP contribution in [0.3, 0.4) is 0 Å². The lowest BCUT2D eigenvalue weighted by Gasteiger charge is -2.10. The number of nitrogens with zero attached hydrogens (tertiary/aromatic N) is 2. The summed E-state index contributed by atoms with van der Waals surface area (Å²) in [5.74, 6) is -0.836. The summed E-state index contributed by atoms with van der Waals surface area (Å²) in [5.41, 5.74) is 1.60. The lowest BCUT2D eigenvalue weighted by Crippen LogP contribution is -2.14. The average molecular weight is 444 g/mol. The quantitative estimate of drug-likeness (QED) is 0.474. The first-order valence-corrected chi connectivity index (χ1v) is 10.5. The van der Waals surface area contributed by atoms with Crippen LogP contribution in [0.25, 0.3) is 11.1 Å². The molecule has 0 spiro atoms. The third kappa shape index (κ3) is 3.60. The molecule has 30 heavy (non-hydrogen) atoms. The highest BCUT2D eigenvalue weighted by Gasteiger charge is 2.21. The Morgan fingerprint density at radius 2 is 1.70 bits per heavy atom. The predicted octanol–water partition coefficient (Wildman–Crippen LogP) is 3.21. The van der Waals surface area contributed by atoms with Gasteiger partial charge < -0.3 is 4.42 Å². The van der Waals surface area contributed by atoms with Gasteiger partial charge in [0.25, 0.3) is 10.0 Å². The maximum Gasteiger partial charge on any atom is 0.419 e. The van der Waals surface area contributed by atoms with Crippen molar-refractivity contribution in [2.75, 3.05) is 4.72 Å². The number of carbonyl (C=O) groups is 1. The zero-order chi connectivity index (χ0) is 21.5. The molecule has 2 aromatic carbocycles. The van der Waals surface area contributed by atoms with Gasteiger partial charge >= 0.3 is 5.76 Å². The molecule has 0 aliphatic carbocycles. The topological polar surface area (TPSA) is 111 Å². The van der Waals surface area contributed by atoms with Crippen molar-refractivity contribution in [3.05, 3.63) is 87.6 Å². The minimum Gasteiger partial charge on any atom is -0.408 e. The van der Waals surface area contributed by atoms with Gasteiger partial charge in [0.15, 0.2) is 11.4 Å². The first-order valence-electron chi connectivity index (χ1n) is 8.63. The molecule has 0 saturated carbocycles. The van der Waals surface area contributed by atoms with Crippen molar-refractivity contribution in [2.24, 2.45) is 7.05 Å². The van der Waals surface area contributed by atoms with E-state index in [1.807, 2.05) is 0 Å². The smallest absolute Gasteiger partial charge is 0.408 e. The van der Waals surface area contributed by atoms with Gasteiger partial charge in [-0.1, -0.05) is 11.6 Å². The second-order valence-corrected chi connectivity index (χ2v) is 8.48. The molecular weight excluding hydrogens is 430 g/mol. The summed E-state index contributed by atoms with van der Waals surface area (Å²) in [6.45, 7) is 0. The van der Waals surface area contributed by atoms with Crippen molar-refractivity contribution in [1.29, 1.82) is 0 Å². The monoisotopic (exact) mass is 443 g/mol. The largest absolute Gasteiger partial charge is 0.419 e. The zero-order valence-corrected chi connectivity index (χ0v) is 17.1. The summed E-state index contributed by atoms with van der Waals surface area (Å²) in [4.78, 5) is 27.7. The van der Waals surface area contributed by atoms with E-state index in [1.165, 1.54) is 60.4 Å². The van der Waals surface area contributed by atoms with E-state index in [4.69, 9.17) is 16.0 Å². The number of sulfonamides is 1. The Morgan fingerprint density at radius 1 is 1.07 bits per heavy atom. The Bertz CT molecular complexity index is 1430. The normalized spacial score (nSPS) is 11.5. The summed E-state index contributed by atoms with van der Waals surface area (Å²) in [6, 6.07) is 11.7. The molecule has 0 atom stereocenters. The number of benzene rings is 2. The number of anilines is 1. The molecule has 2 aromatic heterocycles. The third-order valence-electron chi connectivity index (χ3n) is 4.48. The van der Waals surface area contributed by atoms with Crippen LogP contribution < -0.4 is 10.5 Å². The van der Waals surface area contributed by atoms with Crippen molar-refractivity contribution in [2.45, 2.75) is 4.90 Å². The fraction of sp³-hybridized carbons (Fsp3) is 0.0500. The number of fused-ring (bicyclic) bond motifs is 1. The number of hydrogen-bond donors (Lipinski definition) is 1. The molecule has 0 amide bonds. The molecule has 10 heteroatoms. The highest BCUT2D eigenvalue weighted by Crippen LogP contribution is 2.28. The molecule has 8 nitrogen and oxygen atoms in total. The van der Waals surface area contributed by atoms with Crippen LogP contribution in [0.4, 0.5) is 5.69 Å². The molecule has 0 saturated heterocycles. The molecule has 152 valence electrons.